The van der Waals surface area contributed by atoms with Crippen molar-refractivity contribution in [1.29, 1.82) is 0 Å². The van der Waals surface area contributed by atoms with Crippen molar-refractivity contribution in [2.45, 2.75) is 231 Å². The minimum atomic E-state index is -4.30. The maximum Gasteiger partial charge on any atom is 0.472 e. The first-order chi connectivity index (χ1) is 23.9. The molecule has 0 aliphatic rings. The molecule has 5 N–H and O–H groups in total. The number of amides is 1. The Bertz CT molecular complexity index is 744. The van der Waals surface area contributed by atoms with E-state index in [2.05, 4.69) is 19.2 Å². The van der Waals surface area contributed by atoms with Gasteiger partial charge in [0, 0.05) is 13.0 Å². The number of rotatable bonds is 40. The third kappa shape index (κ3) is 35.7. The summed E-state index contributed by atoms with van der Waals surface area (Å²) in [5, 5.41) is 13.8. The summed E-state index contributed by atoms with van der Waals surface area (Å²) in [5.41, 5.74) is 5.37. The van der Waals surface area contributed by atoms with E-state index in [1.165, 1.54) is 154 Å². The SMILES string of the molecule is CCCCCCCCCCCCCCCCCCCC(=O)N[C@@H](COP(=O)(O)OCCN)[C@H](O)CCCCCCCCCCCCCCC. The van der Waals surface area contributed by atoms with Gasteiger partial charge in [0.25, 0.3) is 0 Å². The van der Waals surface area contributed by atoms with Gasteiger partial charge in [-0.3, -0.25) is 13.8 Å². The number of aliphatic hydroxyl groups is 1. The largest absolute Gasteiger partial charge is 0.472 e. The maximum absolute atomic E-state index is 12.7. The molecule has 9 heteroatoms. The van der Waals surface area contributed by atoms with Gasteiger partial charge in [-0.25, -0.2) is 4.57 Å². The van der Waals surface area contributed by atoms with Crippen molar-refractivity contribution >= 4 is 13.7 Å². The van der Waals surface area contributed by atoms with Crippen LogP contribution in [0.1, 0.15) is 219 Å². The Kier molecular flexibility index (Phi) is 36.9. The number of hydrogen-bond donors (Lipinski definition) is 4. The standard InChI is InChI=1S/C40H83N2O6P/c1-3-5-7-9-11-13-15-17-18-19-20-22-24-26-28-30-32-34-40(44)42-38(37-48-49(45,46)47-36-35-41)39(43)33-31-29-27-25-23-21-16-14-12-10-8-6-4-2/h38-39,43H,3-37,41H2,1-2H3,(H,42,44)(H,45,46)/t38-,39+/m0/s1. The van der Waals surface area contributed by atoms with Crippen LogP contribution in [-0.2, 0) is 18.4 Å². The van der Waals surface area contributed by atoms with Gasteiger partial charge in [0.05, 0.1) is 25.4 Å². The molecule has 1 amide bonds. The van der Waals surface area contributed by atoms with E-state index in [4.69, 9.17) is 14.8 Å². The molecular weight excluding hydrogens is 635 g/mol. The molecule has 49 heavy (non-hydrogen) atoms. The van der Waals surface area contributed by atoms with Crippen LogP contribution in [0.5, 0.6) is 0 Å². The van der Waals surface area contributed by atoms with Crippen LogP contribution in [0.25, 0.3) is 0 Å². The van der Waals surface area contributed by atoms with Gasteiger partial charge >= 0.3 is 7.82 Å². The second kappa shape index (κ2) is 37.3. The van der Waals surface area contributed by atoms with Gasteiger partial charge in [-0.05, 0) is 12.8 Å². The number of aliphatic hydroxyl groups excluding tert-OH is 1. The van der Waals surface area contributed by atoms with Crippen LogP contribution in [-0.4, -0.2) is 47.8 Å². The number of phosphoric ester groups is 1. The van der Waals surface area contributed by atoms with Crippen molar-refractivity contribution in [3.63, 3.8) is 0 Å². The zero-order valence-corrected chi connectivity index (χ0v) is 33.3. The molecule has 0 aromatic rings. The average Bonchev–Trinajstić information content (AvgIpc) is 3.09. The van der Waals surface area contributed by atoms with Crippen LogP contribution < -0.4 is 11.1 Å². The van der Waals surface area contributed by atoms with Gasteiger partial charge in [0.2, 0.25) is 5.91 Å². The van der Waals surface area contributed by atoms with Crippen LogP contribution in [0, 0.1) is 0 Å². The quantitative estimate of drug-likeness (QED) is 0.0366. The number of phosphoric acid groups is 1. The lowest BCUT2D eigenvalue weighted by molar-refractivity contribution is -0.123. The van der Waals surface area contributed by atoms with E-state index in [0.29, 0.717) is 12.8 Å². The van der Waals surface area contributed by atoms with Crippen LogP contribution in [0.15, 0.2) is 0 Å². The molecule has 0 radical (unpaired) electrons. The van der Waals surface area contributed by atoms with E-state index in [-0.39, 0.29) is 25.7 Å². The van der Waals surface area contributed by atoms with Crippen molar-refractivity contribution in [1.82, 2.24) is 5.32 Å². The number of nitrogens with one attached hydrogen (secondary N) is 1. The van der Waals surface area contributed by atoms with Gasteiger partial charge in [-0.1, -0.05) is 200 Å². The van der Waals surface area contributed by atoms with Crippen molar-refractivity contribution in [2.75, 3.05) is 19.8 Å². The van der Waals surface area contributed by atoms with Crippen LogP contribution in [0.2, 0.25) is 0 Å². The smallest absolute Gasteiger partial charge is 0.391 e. The second-order valence-electron chi connectivity index (χ2n) is 14.6. The molecule has 0 saturated heterocycles. The van der Waals surface area contributed by atoms with Gasteiger partial charge in [-0.15, -0.1) is 0 Å². The molecule has 0 rings (SSSR count). The molecular formula is C40H83N2O6P. The molecule has 0 heterocycles. The molecule has 0 spiro atoms. The molecule has 3 atom stereocenters. The van der Waals surface area contributed by atoms with E-state index < -0.39 is 20.0 Å². The van der Waals surface area contributed by atoms with Crippen molar-refractivity contribution in [2.24, 2.45) is 5.73 Å². The molecule has 0 bridgehead atoms. The Morgan fingerprint density at radius 1 is 0.592 bits per heavy atom. The molecule has 0 aliphatic carbocycles. The normalized spacial score (nSPS) is 14.1. The minimum absolute atomic E-state index is 0.0924. The average molecular weight is 719 g/mol. The lowest BCUT2D eigenvalue weighted by Gasteiger charge is -2.25. The fraction of sp³-hybridized carbons (Fsp3) is 0.975. The van der Waals surface area contributed by atoms with E-state index >= 15 is 0 Å². The summed E-state index contributed by atoms with van der Waals surface area (Å²) in [7, 11) is -4.30. The van der Waals surface area contributed by atoms with E-state index in [1.54, 1.807) is 0 Å². The fourth-order valence-corrected chi connectivity index (χ4v) is 7.25. The first-order valence-electron chi connectivity index (χ1n) is 21.2. The Labute approximate surface area is 303 Å². The highest BCUT2D eigenvalue weighted by atomic mass is 31.2. The molecule has 0 aromatic heterocycles. The van der Waals surface area contributed by atoms with Crippen molar-refractivity contribution in [3.8, 4) is 0 Å². The number of carbonyl (C=O) groups excluding carboxylic acids is 1. The zero-order chi connectivity index (χ0) is 36.1. The summed E-state index contributed by atoms with van der Waals surface area (Å²) in [6, 6.07) is -0.766. The van der Waals surface area contributed by atoms with Gasteiger partial charge in [0.1, 0.15) is 0 Å². The Morgan fingerprint density at radius 3 is 1.31 bits per heavy atom. The molecule has 0 aromatic carbocycles. The highest BCUT2D eigenvalue weighted by Crippen LogP contribution is 2.43. The molecule has 0 fully saturated rings. The van der Waals surface area contributed by atoms with Gasteiger partial charge in [-0.2, -0.15) is 0 Å². The number of unbranched alkanes of at least 4 members (excludes halogenated alkanes) is 28. The predicted molar refractivity (Wildman–Crippen MR) is 208 cm³/mol. The molecule has 0 saturated carbocycles. The minimum Gasteiger partial charge on any atom is -0.391 e. The summed E-state index contributed by atoms with van der Waals surface area (Å²) in [6.45, 7) is 4.23. The van der Waals surface area contributed by atoms with Crippen LogP contribution in [0.3, 0.4) is 0 Å². The molecule has 0 aliphatic heterocycles. The predicted octanol–water partition coefficient (Wildman–Crippen LogP) is 11.4. The lowest BCUT2D eigenvalue weighted by atomic mass is 10.0. The number of hydrogen-bond acceptors (Lipinski definition) is 6. The highest BCUT2D eigenvalue weighted by Gasteiger charge is 2.27. The molecule has 294 valence electrons. The Morgan fingerprint density at radius 2 is 0.939 bits per heavy atom. The summed E-state index contributed by atoms with van der Waals surface area (Å²) >= 11 is 0. The van der Waals surface area contributed by atoms with Crippen LogP contribution in [0.4, 0.5) is 0 Å². The van der Waals surface area contributed by atoms with Crippen molar-refractivity contribution < 1.29 is 28.4 Å². The van der Waals surface area contributed by atoms with Crippen LogP contribution >= 0.6 is 7.82 Å². The summed E-state index contributed by atoms with van der Waals surface area (Å²) < 4.78 is 22.1. The monoisotopic (exact) mass is 719 g/mol. The van der Waals surface area contributed by atoms with Crippen molar-refractivity contribution in [3.05, 3.63) is 0 Å². The molecule has 8 nitrogen and oxygen atoms in total. The van der Waals surface area contributed by atoms with Gasteiger partial charge < -0.3 is 21.1 Å². The first kappa shape index (κ1) is 48.5. The van der Waals surface area contributed by atoms with E-state index in [9.17, 15) is 19.4 Å². The first-order valence-corrected chi connectivity index (χ1v) is 22.6. The lowest BCUT2D eigenvalue weighted by Crippen LogP contribution is -2.46. The Hall–Kier alpha value is -0.500. The zero-order valence-electron chi connectivity index (χ0n) is 32.5. The van der Waals surface area contributed by atoms with E-state index in [0.717, 1.165) is 38.5 Å². The number of carbonyl (C=O) groups is 1. The van der Waals surface area contributed by atoms with Gasteiger partial charge in [0.15, 0.2) is 0 Å². The third-order valence-corrected chi connectivity index (χ3v) is 10.7. The third-order valence-electron chi connectivity index (χ3n) is 9.71. The molecule has 1 unspecified atom stereocenters. The fourth-order valence-electron chi connectivity index (χ4n) is 6.49. The maximum atomic E-state index is 12.7. The highest BCUT2D eigenvalue weighted by molar-refractivity contribution is 7.47. The summed E-state index contributed by atoms with van der Waals surface area (Å²) in [5.74, 6) is -0.158. The Balaban J connectivity index is 4.13. The topological polar surface area (TPSA) is 131 Å². The second-order valence-corrected chi connectivity index (χ2v) is 16.0. The number of nitrogens with two attached hydrogens (primary N) is 1. The summed E-state index contributed by atoms with van der Waals surface area (Å²) in [4.78, 5) is 22.7. The summed E-state index contributed by atoms with van der Waals surface area (Å²) in [6.07, 6.45) is 38.2. The van der Waals surface area contributed by atoms with E-state index in [1.807, 2.05) is 0 Å².